The summed E-state index contributed by atoms with van der Waals surface area (Å²) in [5, 5.41) is 23.1. The number of hydrogen-bond donors (Lipinski definition) is 4. The molecule has 358 valence electrons. The number of aromatic nitrogens is 4. The number of hydrogen-bond acceptors (Lipinski definition) is 13. The van der Waals surface area contributed by atoms with Crippen molar-refractivity contribution in [3.63, 3.8) is 0 Å². The number of hydrazine groups is 2. The van der Waals surface area contributed by atoms with Crippen molar-refractivity contribution in [3.8, 4) is 22.3 Å². The average Bonchev–Trinajstić information content (AvgIpc) is 4.06. The summed E-state index contributed by atoms with van der Waals surface area (Å²) in [5.41, 5.74) is 14.2. The third-order valence-electron chi connectivity index (χ3n) is 11.0. The molecule has 2 amide bonds. The Morgan fingerprint density at radius 3 is 1.43 bits per heavy atom. The van der Waals surface area contributed by atoms with Gasteiger partial charge < -0.3 is 20.1 Å². The first-order chi connectivity index (χ1) is 34.2. The number of tetrazole rings is 1. The van der Waals surface area contributed by atoms with Crippen LogP contribution in [0.2, 0.25) is 0 Å². The Kier molecular flexibility index (Phi) is 18.1. The molecule has 0 saturated carbocycles. The number of hydrazone groups is 1. The van der Waals surface area contributed by atoms with Gasteiger partial charge in [-0.05, 0) is 81.6 Å². The van der Waals surface area contributed by atoms with Crippen molar-refractivity contribution in [2.45, 2.75) is 64.7 Å². The Balaban J connectivity index is 0.000000206. The summed E-state index contributed by atoms with van der Waals surface area (Å²) in [4.78, 5) is 50.4. The van der Waals surface area contributed by atoms with Gasteiger partial charge in [0.2, 0.25) is 11.7 Å². The Labute approximate surface area is 407 Å². The van der Waals surface area contributed by atoms with Gasteiger partial charge in [0.05, 0.1) is 39.1 Å². The standard InChI is InChI=1S/C27H27N5O3.C27H29N5O3/c1-2-35-25(33)18-24(17-20-13-15-23(16-14-20)22-11-7-4-8-12-22)28-27(34)26-29-30-31-32(26)19-21-9-5-3-6-10-21;1-2-35-25(33)18-24(17-20-13-15-23(16-14-20)22-11-7-4-8-12-22)28-27(34)26-29-31-32(30-26)19-21-9-5-3-6-10-21/h3-16,24H,2,17-19H2,1H3,(H,28,34);3-16,24,31H,2,17-19H2,1H3,(H,28,34)(H,29,30)/t2*24-/m11/s1. The largest absolute Gasteiger partial charge is 0.466 e. The smallest absolute Gasteiger partial charge is 0.307 e. The first-order valence-corrected chi connectivity index (χ1v) is 23.2. The molecule has 0 aliphatic carbocycles. The number of ether oxygens (including phenoxy) is 2. The number of benzene rings is 6. The quantitative estimate of drug-likeness (QED) is 0.0582. The van der Waals surface area contributed by atoms with Crippen LogP contribution in [-0.4, -0.2) is 80.2 Å². The highest BCUT2D eigenvalue weighted by Crippen LogP contribution is 2.22. The number of nitrogens with one attached hydrogen (secondary N) is 4. The van der Waals surface area contributed by atoms with Crippen LogP contribution in [0, 0.1) is 0 Å². The summed E-state index contributed by atoms with van der Waals surface area (Å²) in [5.74, 6) is -1.35. The first-order valence-electron chi connectivity index (χ1n) is 23.2. The topological polar surface area (TPSA) is 194 Å². The number of rotatable bonds is 20. The third kappa shape index (κ3) is 15.0. The fourth-order valence-electron chi connectivity index (χ4n) is 7.65. The third-order valence-corrected chi connectivity index (χ3v) is 11.0. The summed E-state index contributed by atoms with van der Waals surface area (Å²) in [6.07, 6.45) is 1.04. The number of nitrogens with zero attached hydrogens (tertiary/aromatic N) is 6. The summed E-state index contributed by atoms with van der Waals surface area (Å²) >= 11 is 0. The fraction of sp³-hybridized carbons (Fsp3) is 0.222. The summed E-state index contributed by atoms with van der Waals surface area (Å²) < 4.78 is 11.7. The normalized spacial score (nSPS) is 12.7. The molecule has 0 unspecified atom stereocenters. The van der Waals surface area contributed by atoms with E-state index in [1.165, 1.54) is 4.68 Å². The molecule has 1 aromatic heterocycles. The van der Waals surface area contributed by atoms with Crippen LogP contribution in [-0.2, 0) is 49.8 Å². The molecule has 1 aliphatic rings. The highest BCUT2D eigenvalue weighted by atomic mass is 16.5. The van der Waals surface area contributed by atoms with Crippen molar-refractivity contribution >= 4 is 29.6 Å². The van der Waals surface area contributed by atoms with Gasteiger partial charge in [-0.15, -0.1) is 15.3 Å². The van der Waals surface area contributed by atoms with E-state index >= 15 is 0 Å². The van der Waals surface area contributed by atoms with Gasteiger partial charge in [0.1, 0.15) is 0 Å². The second kappa shape index (κ2) is 25.6. The minimum absolute atomic E-state index is 0.0419. The lowest BCUT2D eigenvalue weighted by molar-refractivity contribution is -0.144. The monoisotopic (exact) mass is 940 g/mol. The van der Waals surface area contributed by atoms with Crippen molar-refractivity contribution in [2.75, 3.05) is 13.2 Å². The molecule has 2 heterocycles. The maximum Gasteiger partial charge on any atom is 0.307 e. The van der Waals surface area contributed by atoms with E-state index in [2.05, 4.69) is 66.5 Å². The van der Waals surface area contributed by atoms with Crippen LogP contribution in [0.15, 0.2) is 175 Å². The summed E-state index contributed by atoms with van der Waals surface area (Å²) in [6.45, 7) is 4.96. The predicted octanol–water partition coefficient (Wildman–Crippen LogP) is 6.86. The van der Waals surface area contributed by atoms with Crippen molar-refractivity contribution in [1.82, 2.24) is 46.9 Å². The molecule has 0 fully saturated rings. The molecule has 4 N–H and O–H groups in total. The number of carbonyl (C=O) groups excluding carboxylic acids is 4. The van der Waals surface area contributed by atoms with E-state index in [1.807, 2.05) is 146 Å². The van der Waals surface area contributed by atoms with Gasteiger partial charge in [-0.1, -0.05) is 170 Å². The average molecular weight is 941 g/mol. The van der Waals surface area contributed by atoms with Crippen molar-refractivity contribution in [3.05, 3.63) is 198 Å². The molecular weight excluding hydrogens is 885 g/mol. The van der Waals surface area contributed by atoms with Crippen LogP contribution < -0.4 is 21.6 Å². The molecule has 0 radical (unpaired) electrons. The number of carbonyl (C=O) groups is 4. The first kappa shape index (κ1) is 49.4. The van der Waals surface area contributed by atoms with E-state index < -0.39 is 23.9 Å². The van der Waals surface area contributed by atoms with Crippen LogP contribution in [0.3, 0.4) is 0 Å². The highest BCUT2D eigenvalue weighted by Gasteiger charge is 2.26. The van der Waals surface area contributed by atoms with Gasteiger partial charge in [0, 0.05) is 12.1 Å². The van der Waals surface area contributed by atoms with E-state index in [0.29, 0.717) is 25.9 Å². The maximum atomic E-state index is 13.1. The molecule has 8 rings (SSSR count). The Hall–Kier alpha value is -8.50. The SMILES string of the molecule is CCOC(=O)C[C@@H](Cc1ccc(-c2ccccc2)cc1)NC(=O)C1=NNN(Cc2ccccc2)N1.CCOC(=O)C[C@@H](Cc1ccc(-c2ccccc2)cc1)NC(=O)c1nnnn1Cc1ccccc1. The molecular formula is C54H56N10O6. The van der Waals surface area contributed by atoms with Crippen LogP contribution >= 0.6 is 0 Å². The second-order valence-corrected chi connectivity index (χ2v) is 16.3. The van der Waals surface area contributed by atoms with Gasteiger partial charge >= 0.3 is 11.9 Å². The molecule has 0 saturated heterocycles. The van der Waals surface area contributed by atoms with Crippen molar-refractivity contribution < 1.29 is 28.7 Å². The van der Waals surface area contributed by atoms with Crippen LogP contribution in [0.4, 0.5) is 0 Å². The number of esters is 2. The molecule has 7 aromatic rings. The Morgan fingerprint density at radius 1 is 0.529 bits per heavy atom. The van der Waals surface area contributed by atoms with E-state index in [4.69, 9.17) is 9.47 Å². The highest BCUT2D eigenvalue weighted by molar-refractivity contribution is 6.38. The van der Waals surface area contributed by atoms with Crippen molar-refractivity contribution in [1.29, 1.82) is 0 Å². The van der Waals surface area contributed by atoms with E-state index in [9.17, 15) is 19.2 Å². The second-order valence-electron chi connectivity index (χ2n) is 16.3. The molecule has 1 aliphatic heterocycles. The maximum absolute atomic E-state index is 13.1. The lowest BCUT2D eigenvalue weighted by atomic mass is 9.99. The number of amides is 2. The fourth-order valence-corrected chi connectivity index (χ4v) is 7.65. The molecule has 70 heavy (non-hydrogen) atoms. The van der Waals surface area contributed by atoms with E-state index in [0.717, 1.165) is 44.5 Å². The molecule has 16 nitrogen and oxygen atoms in total. The van der Waals surface area contributed by atoms with Gasteiger partial charge in [-0.25, -0.2) is 10.2 Å². The lowest BCUT2D eigenvalue weighted by Crippen LogP contribution is -2.48. The Bertz CT molecular complexity index is 2780. The zero-order chi connectivity index (χ0) is 48.9. The van der Waals surface area contributed by atoms with E-state index in [1.54, 1.807) is 19.0 Å². The van der Waals surface area contributed by atoms with Gasteiger partial charge in [-0.3, -0.25) is 24.6 Å². The van der Waals surface area contributed by atoms with Crippen molar-refractivity contribution in [2.24, 2.45) is 5.10 Å². The van der Waals surface area contributed by atoms with Gasteiger partial charge in [0.25, 0.3) is 11.8 Å². The van der Waals surface area contributed by atoms with Crippen LogP contribution in [0.25, 0.3) is 22.3 Å². The van der Waals surface area contributed by atoms with Gasteiger partial charge in [0.15, 0.2) is 0 Å². The molecule has 2 atom stereocenters. The summed E-state index contributed by atoms with van der Waals surface area (Å²) in [6, 6.07) is 54.9. The Morgan fingerprint density at radius 2 is 0.957 bits per heavy atom. The molecule has 6 aromatic carbocycles. The predicted molar refractivity (Wildman–Crippen MR) is 266 cm³/mol. The minimum atomic E-state index is -0.481. The minimum Gasteiger partial charge on any atom is -0.466 e. The summed E-state index contributed by atoms with van der Waals surface area (Å²) in [7, 11) is 0. The van der Waals surface area contributed by atoms with E-state index in [-0.39, 0.29) is 49.7 Å². The van der Waals surface area contributed by atoms with Crippen LogP contribution in [0.1, 0.15) is 59.6 Å². The zero-order valence-corrected chi connectivity index (χ0v) is 39.1. The molecule has 0 spiro atoms. The van der Waals surface area contributed by atoms with Crippen LogP contribution in [0.5, 0.6) is 0 Å². The molecule has 16 heteroatoms. The zero-order valence-electron chi connectivity index (χ0n) is 39.1. The lowest BCUT2D eigenvalue weighted by Gasteiger charge is -2.19. The number of amidine groups is 1. The molecule has 0 bridgehead atoms. The van der Waals surface area contributed by atoms with Gasteiger partial charge in [-0.2, -0.15) is 0 Å².